The van der Waals surface area contributed by atoms with Gasteiger partial charge in [0.1, 0.15) is 12.4 Å². The van der Waals surface area contributed by atoms with Gasteiger partial charge < -0.3 is 10.1 Å². The van der Waals surface area contributed by atoms with E-state index in [0.717, 1.165) is 11.3 Å². The average molecular weight is 432 g/mol. The number of hydrogen-bond donors (Lipinski definition) is 1. The van der Waals surface area contributed by atoms with Gasteiger partial charge in [-0.25, -0.2) is 0 Å². The molecular weight excluding hydrogens is 406 g/mol. The molecule has 158 valence electrons. The van der Waals surface area contributed by atoms with E-state index >= 15 is 0 Å². The van der Waals surface area contributed by atoms with Crippen LogP contribution in [0.15, 0.2) is 66.2 Å². The van der Waals surface area contributed by atoms with Crippen LogP contribution in [0.4, 0.5) is 5.82 Å². The van der Waals surface area contributed by atoms with E-state index in [9.17, 15) is 4.79 Å². The lowest BCUT2D eigenvalue weighted by Gasteiger charge is -2.07. The van der Waals surface area contributed by atoms with E-state index in [2.05, 4.69) is 49.4 Å². The molecule has 0 unspecified atom stereocenters. The second-order valence-corrected chi connectivity index (χ2v) is 8.62. The lowest BCUT2D eigenvalue weighted by molar-refractivity contribution is 0.103. The topological polar surface area (TPSA) is 56.1 Å². The minimum Gasteiger partial charge on any atom is -0.489 e. The van der Waals surface area contributed by atoms with Crippen molar-refractivity contribution in [3.05, 3.63) is 98.9 Å². The summed E-state index contributed by atoms with van der Waals surface area (Å²) in [5.74, 6) is 1.22. The number of carbonyl (C=O) groups excluding carboxylic acids is 1. The number of nitrogens with one attached hydrogen (secondary N) is 1. The van der Waals surface area contributed by atoms with E-state index in [-0.39, 0.29) is 5.91 Å². The summed E-state index contributed by atoms with van der Waals surface area (Å²) in [6.07, 6.45) is 1.87. The van der Waals surface area contributed by atoms with Gasteiger partial charge in [0.15, 0.2) is 5.82 Å². The van der Waals surface area contributed by atoms with E-state index in [4.69, 9.17) is 4.74 Å². The van der Waals surface area contributed by atoms with Gasteiger partial charge >= 0.3 is 0 Å². The first kappa shape index (κ1) is 20.9. The van der Waals surface area contributed by atoms with Crippen LogP contribution in [0.5, 0.6) is 5.75 Å². The van der Waals surface area contributed by atoms with Gasteiger partial charge in [0.05, 0.1) is 11.4 Å². The number of carbonyl (C=O) groups is 1. The highest BCUT2D eigenvalue weighted by molar-refractivity contribution is 7.12. The van der Waals surface area contributed by atoms with Gasteiger partial charge in [0.25, 0.3) is 5.91 Å². The number of hydrogen-bond acceptors (Lipinski definition) is 4. The Hall–Kier alpha value is -3.38. The molecule has 2 aromatic heterocycles. The number of anilines is 1. The van der Waals surface area contributed by atoms with Gasteiger partial charge in [0, 0.05) is 17.8 Å². The zero-order chi connectivity index (χ0) is 21.8. The molecule has 0 aliphatic heterocycles. The summed E-state index contributed by atoms with van der Waals surface area (Å²) < 4.78 is 7.72. The molecule has 31 heavy (non-hydrogen) atoms. The standard InChI is InChI=1S/C25H25N3O2S/c1-17-10-18(2)12-22(11-17)30-15-20-13-23(31-16-20)25(29)26-24-8-9-28(27-24)14-21-7-5-4-6-19(21)3/h4-13,16H,14-15H2,1-3H3,(H,26,27,29). The number of amides is 1. The van der Waals surface area contributed by atoms with Crippen molar-refractivity contribution in [2.24, 2.45) is 0 Å². The molecule has 4 aromatic rings. The second kappa shape index (κ2) is 9.18. The molecule has 4 rings (SSSR count). The summed E-state index contributed by atoms with van der Waals surface area (Å²) in [5, 5.41) is 9.31. The molecule has 1 amide bonds. The number of aryl methyl sites for hydroxylation is 3. The van der Waals surface area contributed by atoms with Crippen LogP contribution in [-0.2, 0) is 13.2 Å². The molecule has 0 radical (unpaired) electrons. The minimum absolute atomic E-state index is 0.163. The van der Waals surface area contributed by atoms with E-state index in [1.54, 1.807) is 0 Å². The molecule has 0 aliphatic carbocycles. The molecule has 2 heterocycles. The molecule has 1 N–H and O–H groups in total. The van der Waals surface area contributed by atoms with Crippen LogP contribution in [0.3, 0.4) is 0 Å². The van der Waals surface area contributed by atoms with Crippen molar-refractivity contribution in [2.75, 3.05) is 5.32 Å². The average Bonchev–Trinajstić information content (AvgIpc) is 3.37. The van der Waals surface area contributed by atoms with Crippen LogP contribution in [0.25, 0.3) is 0 Å². The number of thiophene rings is 1. The summed E-state index contributed by atoms with van der Waals surface area (Å²) in [6, 6.07) is 18.0. The van der Waals surface area contributed by atoms with Gasteiger partial charge in [0.2, 0.25) is 0 Å². The molecule has 0 fully saturated rings. The van der Waals surface area contributed by atoms with Gasteiger partial charge in [-0.2, -0.15) is 5.10 Å². The smallest absolute Gasteiger partial charge is 0.266 e. The third-order valence-electron chi connectivity index (χ3n) is 4.95. The molecular formula is C25H25N3O2S. The minimum atomic E-state index is -0.163. The maximum absolute atomic E-state index is 12.6. The first-order valence-electron chi connectivity index (χ1n) is 10.1. The number of benzene rings is 2. The zero-order valence-electron chi connectivity index (χ0n) is 17.9. The normalized spacial score (nSPS) is 10.8. The van der Waals surface area contributed by atoms with Gasteiger partial charge in [-0.05, 0) is 66.6 Å². The highest BCUT2D eigenvalue weighted by Gasteiger charge is 2.12. The molecule has 6 heteroatoms. The van der Waals surface area contributed by atoms with Crippen LogP contribution in [-0.4, -0.2) is 15.7 Å². The van der Waals surface area contributed by atoms with Gasteiger partial charge in [-0.3, -0.25) is 9.48 Å². The molecule has 2 aromatic carbocycles. The lowest BCUT2D eigenvalue weighted by Crippen LogP contribution is -2.11. The predicted octanol–water partition coefficient (Wildman–Crippen LogP) is 5.75. The van der Waals surface area contributed by atoms with Crippen LogP contribution < -0.4 is 10.1 Å². The van der Waals surface area contributed by atoms with Crippen molar-refractivity contribution in [3.63, 3.8) is 0 Å². The largest absolute Gasteiger partial charge is 0.489 e. The Balaban J connectivity index is 1.35. The Bertz CT molecular complexity index is 1190. The molecule has 0 aliphatic rings. The van der Waals surface area contributed by atoms with Crippen molar-refractivity contribution in [3.8, 4) is 5.75 Å². The Morgan fingerprint density at radius 1 is 1.06 bits per heavy atom. The van der Waals surface area contributed by atoms with Crippen molar-refractivity contribution in [1.82, 2.24) is 9.78 Å². The highest BCUT2D eigenvalue weighted by Crippen LogP contribution is 2.21. The first-order valence-corrected chi connectivity index (χ1v) is 11.0. The molecule has 5 nitrogen and oxygen atoms in total. The fraction of sp³-hybridized carbons (Fsp3) is 0.200. The Morgan fingerprint density at radius 3 is 2.61 bits per heavy atom. The van der Waals surface area contributed by atoms with Crippen molar-refractivity contribution in [2.45, 2.75) is 33.9 Å². The molecule has 0 spiro atoms. The maximum atomic E-state index is 12.6. The molecule has 0 saturated heterocycles. The number of rotatable bonds is 7. The fourth-order valence-electron chi connectivity index (χ4n) is 3.41. The van der Waals surface area contributed by atoms with E-state index in [1.807, 2.05) is 52.7 Å². The van der Waals surface area contributed by atoms with E-state index in [1.165, 1.54) is 33.6 Å². The van der Waals surface area contributed by atoms with Crippen LogP contribution in [0.1, 0.15) is 37.5 Å². The SMILES string of the molecule is Cc1cc(C)cc(OCc2csc(C(=O)Nc3ccn(Cc4ccccc4C)n3)c2)c1. The van der Waals surface area contributed by atoms with E-state index < -0.39 is 0 Å². The molecule has 0 atom stereocenters. The monoisotopic (exact) mass is 431 g/mol. The van der Waals surface area contributed by atoms with Crippen LogP contribution >= 0.6 is 11.3 Å². The maximum Gasteiger partial charge on any atom is 0.266 e. The second-order valence-electron chi connectivity index (χ2n) is 7.71. The lowest BCUT2D eigenvalue weighted by atomic mass is 10.1. The van der Waals surface area contributed by atoms with Crippen molar-refractivity contribution >= 4 is 23.1 Å². The van der Waals surface area contributed by atoms with Crippen LogP contribution in [0.2, 0.25) is 0 Å². The number of ether oxygens (including phenoxy) is 1. The summed E-state index contributed by atoms with van der Waals surface area (Å²) in [4.78, 5) is 13.3. The summed E-state index contributed by atoms with van der Waals surface area (Å²) in [6.45, 7) is 7.28. The van der Waals surface area contributed by atoms with Crippen molar-refractivity contribution < 1.29 is 9.53 Å². The summed E-state index contributed by atoms with van der Waals surface area (Å²) in [5.41, 5.74) is 5.73. The summed E-state index contributed by atoms with van der Waals surface area (Å²) in [7, 11) is 0. The summed E-state index contributed by atoms with van der Waals surface area (Å²) >= 11 is 1.40. The Labute approximate surface area is 186 Å². The number of aromatic nitrogens is 2. The third-order valence-corrected chi connectivity index (χ3v) is 5.93. The predicted molar refractivity (Wildman–Crippen MR) is 125 cm³/mol. The molecule has 0 bridgehead atoms. The first-order chi connectivity index (χ1) is 15.0. The highest BCUT2D eigenvalue weighted by atomic mass is 32.1. The number of nitrogens with zero attached hydrogens (tertiary/aromatic N) is 2. The Kier molecular flexibility index (Phi) is 6.18. The van der Waals surface area contributed by atoms with Gasteiger partial charge in [-0.1, -0.05) is 30.3 Å². The molecule has 0 saturated carbocycles. The van der Waals surface area contributed by atoms with E-state index in [0.29, 0.717) is 23.8 Å². The van der Waals surface area contributed by atoms with Crippen molar-refractivity contribution in [1.29, 1.82) is 0 Å². The van der Waals surface area contributed by atoms with Gasteiger partial charge in [-0.15, -0.1) is 11.3 Å². The quantitative estimate of drug-likeness (QED) is 0.405. The Morgan fingerprint density at radius 2 is 1.84 bits per heavy atom. The fourth-order valence-corrected chi connectivity index (χ4v) is 4.20. The van der Waals surface area contributed by atoms with Crippen LogP contribution in [0, 0.1) is 20.8 Å². The third kappa shape index (κ3) is 5.41. The zero-order valence-corrected chi connectivity index (χ0v) is 18.7.